The lowest BCUT2D eigenvalue weighted by atomic mass is 9.43. The van der Waals surface area contributed by atoms with Gasteiger partial charge in [-0.25, -0.2) is 0 Å². The third-order valence-electron chi connectivity index (χ3n) is 12.3. The molecule has 7 heteroatoms. The molecule has 0 bridgehead atoms. The number of hydrogen-bond donors (Lipinski definition) is 1. The van der Waals surface area contributed by atoms with Crippen molar-refractivity contribution in [3.05, 3.63) is 0 Å². The van der Waals surface area contributed by atoms with E-state index in [1.807, 2.05) is 0 Å². The normalized spacial score (nSPS) is 41.2. The summed E-state index contributed by atoms with van der Waals surface area (Å²) in [5, 5.41) is 20.5. The van der Waals surface area contributed by atoms with Crippen molar-refractivity contribution in [2.24, 2.45) is 56.6 Å². The second kappa shape index (κ2) is 12.9. The van der Waals surface area contributed by atoms with E-state index >= 15 is 0 Å². The van der Waals surface area contributed by atoms with Gasteiger partial charge in [0.2, 0.25) is 5.91 Å². The molecule has 7 nitrogen and oxygen atoms in total. The highest BCUT2D eigenvalue weighted by Crippen LogP contribution is 2.67. The Hall–Kier alpha value is -1.63. The first-order valence-electron chi connectivity index (χ1n) is 17.1. The van der Waals surface area contributed by atoms with Gasteiger partial charge in [-0.05, 0) is 112 Å². The first-order chi connectivity index (χ1) is 19.7. The van der Waals surface area contributed by atoms with Crippen molar-refractivity contribution in [3.63, 3.8) is 0 Å². The molecule has 9 atom stereocenters. The molecule has 5 fully saturated rings. The largest absolute Gasteiger partial charge is 0.396 e. The molecule has 1 aliphatic heterocycles. The minimum absolute atomic E-state index is 0.0755. The van der Waals surface area contributed by atoms with Crippen LogP contribution in [0.3, 0.4) is 0 Å². The molecule has 5 aliphatic rings. The lowest BCUT2D eigenvalue weighted by Gasteiger charge is -2.61. The predicted molar refractivity (Wildman–Crippen MR) is 164 cm³/mol. The van der Waals surface area contributed by atoms with Crippen molar-refractivity contribution in [2.45, 2.75) is 124 Å². The van der Waals surface area contributed by atoms with Gasteiger partial charge in [0.05, 0.1) is 17.5 Å². The fourth-order valence-electron chi connectivity index (χ4n) is 9.97. The van der Waals surface area contributed by atoms with E-state index in [0.717, 1.165) is 90.1 Å². The summed E-state index contributed by atoms with van der Waals surface area (Å²) in [6, 6.07) is 0. The van der Waals surface area contributed by atoms with Gasteiger partial charge >= 0.3 is 0 Å². The Labute approximate surface area is 248 Å². The number of amides is 1. The van der Waals surface area contributed by atoms with E-state index in [4.69, 9.17) is 20.0 Å². The lowest BCUT2D eigenvalue weighted by molar-refractivity contribution is -0.130. The Balaban J connectivity index is 1.46. The SMILES string of the molecule is CCCO/N=C1/C[C@@H]2C[C@H](O)CC[C@]2(C)[C@H]2C/C(=N\OCCC)[C@]3(C)[C@@H]([C@H](C)CCC(=O)N4CCCC4)CC[C@H]3[C@H]12. The maximum atomic E-state index is 12.9. The fourth-order valence-corrected chi connectivity index (χ4v) is 9.97. The second-order valence-electron chi connectivity index (χ2n) is 14.6. The Morgan fingerprint density at radius 1 is 1.02 bits per heavy atom. The highest BCUT2D eigenvalue weighted by molar-refractivity contribution is 5.96. The summed E-state index contributed by atoms with van der Waals surface area (Å²) in [5.74, 6) is 2.93. The zero-order chi connectivity index (χ0) is 29.2. The molecule has 4 saturated carbocycles. The van der Waals surface area contributed by atoms with Crippen LogP contribution in [0.1, 0.15) is 118 Å². The van der Waals surface area contributed by atoms with Crippen LogP contribution in [0.15, 0.2) is 10.3 Å². The second-order valence-corrected chi connectivity index (χ2v) is 14.6. The quantitative estimate of drug-likeness (QED) is 0.230. The summed E-state index contributed by atoms with van der Waals surface area (Å²) in [5.41, 5.74) is 2.57. The summed E-state index contributed by atoms with van der Waals surface area (Å²) in [4.78, 5) is 26.9. The van der Waals surface area contributed by atoms with Gasteiger partial charge in [-0.15, -0.1) is 0 Å². The maximum absolute atomic E-state index is 12.9. The van der Waals surface area contributed by atoms with E-state index in [0.29, 0.717) is 61.0 Å². The molecule has 1 heterocycles. The molecular weight excluding hydrogens is 514 g/mol. The summed E-state index contributed by atoms with van der Waals surface area (Å²) in [7, 11) is 0. The minimum Gasteiger partial charge on any atom is -0.396 e. The van der Waals surface area contributed by atoms with E-state index in [2.05, 4.69) is 39.5 Å². The van der Waals surface area contributed by atoms with Crippen LogP contribution >= 0.6 is 0 Å². The third kappa shape index (κ3) is 5.82. The van der Waals surface area contributed by atoms with E-state index < -0.39 is 0 Å². The predicted octanol–water partition coefficient (Wildman–Crippen LogP) is 6.83. The van der Waals surface area contributed by atoms with Crippen molar-refractivity contribution in [2.75, 3.05) is 26.3 Å². The molecule has 0 radical (unpaired) electrons. The molecule has 1 N–H and O–H groups in total. The number of oxime groups is 2. The Bertz CT molecular complexity index is 977. The van der Waals surface area contributed by atoms with Crippen molar-refractivity contribution in [3.8, 4) is 0 Å². The number of aliphatic hydroxyl groups is 1. The number of nitrogens with zero attached hydrogens (tertiary/aromatic N) is 3. The Kier molecular flexibility index (Phi) is 9.72. The van der Waals surface area contributed by atoms with Crippen LogP contribution in [0.2, 0.25) is 0 Å². The van der Waals surface area contributed by atoms with Crippen molar-refractivity contribution in [1.29, 1.82) is 0 Å². The number of carbonyl (C=O) groups excluding carboxylic acids is 1. The molecule has 232 valence electrons. The van der Waals surface area contributed by atoms with E-state index in [-0.39, 0.29) is 16.9 Å². The smallest absolute Gasteiger partial charge is 0.222 e. The molecule has 41 heavy (non-hydrogen) atoms. The van der Waals surface area contributed by atoms with Crippen LogP contribution in [-0.4, -0.2) is 59.7 Å². The van der Waals surface area contributed by atoms with Gasteiger partial charge in [0.1, 0.15) is 13.2 Å². The third-order valence-corrected chi connectivity index (χ3v) is 12.3. The van der Waals surface area contributed by atoms with Gasteiger partial charge in [-0.2, -0.15) is 0 Å². The van der Waals surface area contributed by atoms with Crippen molar-refractivity contribution in [1.82, 2.24) is 4.90 Å². The molecule has 1 saturated heterocycles. The van der Waals surface area contributed by atoms with E-state index in [9.17, 15) is 9.90 Å². The van der Waals surface area contributed by atoms with Crippen LogP contribution in [0.5, 0.6) is 0 Å². The van der Waals surface area contributed by atoms with E-state index in [1.165, 1.54) is 11.4 Å². The molecule has 0 aromatic rings. The zero-order valence-corrected chi connectivity index (χ0v) is 26.6. The fraction of sp³-hybridized carbons (Fsp3) is 0.912. The summed E-state index contributed by atoms with van der Waals surface area (Å²) >= 11 is 0. The summed E-state index contributed by atoms with van der Waals surface area (Å²) in [6.07, 6.45) is 12.6. The minimum atomic E-state index is -0.211. The number of rotatable bonds is 10. The van der Waals surface area contributed by atoms with Crippen LogP contribution in [0.25, 0.3) is 0 Å². The maximum Gasteiger partial charge on any atom is 0.222 e. The zero-order valence-electron chi connectivity index (χ0n) is 26.6. The van der Waals surface area contributed by atoms with Crippen molar-refractivity contribution >= 4 is 17.3 Å². The molecule has 0 aromatic heterocycles. The van der Waals surface area contributed by atoms with Gasteiger partial charge in [0, 0.05) is 30.8 Å². The Morgan fingerprint density at radius 3 is 2.44 bits per heavy atom. The molecule has 0 aromatic carbocycles. The summed E-state index contributed by atoms with van der Waals surface area (Å²) < 4.78 is 0. The van der Waals surface area contributed by atoms with Gasteiger partial charge in [0.15, 0.2) is 0 Å². The average molecular weight is 572 g/mol. The van der Waals surface area contributed by atoms with Gasteiger partial charge < -0.3 is 19.7 Å². The average Bonchev–Trinajstić information content (AvgIpc) is 3.62. The first kappa shape index (κ1) is 30.8. The monoisotopic (exact) mass is 571 g/mol. The number of carbonyl (C=O) groups is 1. The number of hydrogen-bond acceptors (Lipinski definition) is 6. The Morgan fingerprint density at radius 2 is 1.73 bits per heavy atom. The number of fused-ring (bicyclic) bond motifs is 5. The van der Waals surface area contributed by atoms with Crippen LogP contribution < -0.4 is 0 Å². The molecule has 5 rings (SSSR count). The van der Waals surface area contributed by atoms with Crippen LogP contribution in [-0.2, 0) is 14.5 Å². The molecular formula is C34H57N3O4. The van der Waals surface area contributed by atoms with Crippen molar-refractivity contribution < 1.29 is 19.6 Å². The molecule has 0 spiro atoms. The standard InChI is InChI=1S/C34H57N3O4/c1-6-18-40-35-29-21-24-20-25(38)14-15-33(24,4)28-22-30(36-41-19-7-2)34(5)26(11-12-27(34)32(28)29)23(3)10-13-31(39)37-16-8-9-17-37/h23-28,32,38H,6-22H2,1-5H3/b35-29-,36-30+/t23-,24+,25-,26-,27+,28+,32+,33+,34-/m1/s1. The molecule has 4 aliphatic carbocycles. The topological polar surface area (TPSA) is 83.7 Å². The van der Waals surface area contributed by atoms with Crippen LogP contribution in [0, 0.1) is 46.3 Å². The molecule has 1 amide bonds. The van der Waals surface area contributed by atoms with Gasteiger partial charge in [-0.3, -0.25) is 4.79 Å². The van der Waals surface area contributed by atoms with E-state index in [1.54, 1.807) is 0 Å². The highest BCUT2D eigenvalue weighted by Gasteiger charge is 2.65. The molecule has 0 unspecified atom stereocenters. The lowest BCUT2D eigenvalue weighted by Crippen LogP contribution is -2.60. The summed E-state index contributed by atoms with van der Waals surface area (Å²) in [6.45, 7) is 14.8. The number of aliphatic hydroxyl groups excluding tert-OH is 1. The van der Waals surface area contributed by atoms with Gasteiger partial charge in [0.25, 0.3) is 0 Å². The van der Waals surface area contributed by atoms with Gasteiger partial charge in [-0.1, -0.05) is 44.9 Å². The highest BCUT2D eigenvalue weighted by atomic mass is 16.6. The first-order valence-corrected chi connectivity index (χ1v) is 17.1. The van der Waals surface area contributed by atoms with Crippen LogP contribution in [0.4, 0.5) is 0 Å². The number of likely N-dealkylation sites (tertiary alicyclic amines) is 1.